The highest BCUT2D eigenvalue weighted by Crippen LogP contribution is 2.28. The standard InChI is InChI=1S/C15H27N3O2/c1-6-16-8-12-7-13(19-17-12)9-18-10-14(2,3)20-15(4,5)11-18/h7,16H,6,8-11H2,1-5H3. The average Bonchev–Trinajstić information content (AvgIpc) is 2.69. The topological polar surface area (TPSA) is 50.5 Å². The molecular weight excluding hydrogens is 254 g/mol. The average molecular weight is 281 g/mol. The third-order valence-electron chi connectivity index (χ3n) is 3.30. The zero-order valence-electron chi connectivity index (χ0n) is 13.3. The Hall–Kier alpha value is -0.910. The fraction of sp³-hybridized carbons (Fsp3) is 0.800. The first-order chi connectivity index (χ1) is 9.30. The van der Waals surface area contributed by atoms with Crippen molar-refractivity contribution in [1.29, 1.82) is 0 Å². The van der Waals surface area contributed by atoms with E-state index in [1.807, 2.05) is 6.07 Å². The molecular formula is C15H27N3O2. The normalized spacial score (nSPS) is 22.1. The molecule has 0 unspecified atom stereocenters. The number of rotatable bonds is 5. The SMILES string of the molecule is CCNCc1cc(CN2CC(C)(C)OC(C)(C)C2)on1. The van der Waals surface area contributed by atoms with Gasteiger partial charge in [0.25, 0.3) is 0 Å². The maximum Gasteiger partial charge on any atom is 0.151 e. The number of morpholine rings is 1. The van der Waals surface area contributed by atoms with Gasteiger partial charge in [0.2, 0.25) is 0 Å². The van der Waals surface area contributed by atoms with E-state index >= 15 is 0 Å². The monoisotopic (exact) mass is 281 g/mol. The number of nitrogens with one attached hydrogen (secondary N) is 1. The van der Waals surface area contributed by atoms with Crippen LogP contribution in [0.4, 0.5) is 0 Å². The Kier molecular flexibility index (Phi) is 4.52. The van der Waals surface area contributed by atoms with Crippen LogP contribution in [-0.4, -0.2) is 40.9 Å². The van der Waals surface area contributed by atoms with E-state index in [0.29, 0.717) is 0 Å². The van der Waals surface area contributed by atoms with Crippen LogP contribution in [0.1, 0.15) is 46.1 Å². The minimum absolute atomic E-state index is 0.131. The zero-order chi connectivity index (χ0) is 14.8. The second-order valence-electron chi connectivity index (χ2n) is 6.83. The Labute approximate surface area is 121 Å². The lowest BCUT2D eigenvalue weighted by Crippen LogP contribution is -2.56. The van der Waals surface area contributed by atoms with E-state index in [1.54, 1.807) is 0 Å². The second-order valence-corrected chi connectivity index (χ2v) is 6.83. The molecule has 1 aromatic heterocycles. The molecule has 1 saturated heterocycles. The van der Waals surface area contributed by atoms with E-state index in [9.17, 15) is 0 Å². The minimum atomic E-state index is -0.131. The van der Waals surface area contributed by atoms with Crippen LogP contribution < -0.4 is 5.32 Å². The smallest absolute Gasteiger partial charge is 0.151 e. The van der Waals surface area contributed by atoms with Gasteiger partial charge in [-0.2, -0.15) is 0 Å². The van der Waals surface area contributed by atoms with Gasteiger partial charge in [0, 0.05) is 25.7 Å². The van der Waals surface area contributed by atoms with Gasteiger partial charge in [0.15, 0.2) is 5.76 Å². The first kappa shape index (κ1) is 15.5. The Morgan fingerprint density at radius 1 is 1.25 bits per heavy atom. The summed E-state index contributed by atoms with van der Waals surface area (Å²) < 4.78 is 11.5. The highest BCUT2D eigenvalue weighted by Gasteiger charge is 2.38. The molecule has 0 amide bonds. The highest BCUT2D eigenvalue weighted by molar-refractivity contribution is 5.06. The molecule has 1 N–H and O–H groups in total. The van der Waals surface area contributed by atoms with Crippen LogP contribution in [0.5, 0.6) is 0 Å². The van der Waals surface area contributed by atoms with Gasteiger partial charge in [-0.25, -0.2) is 0 Å². The molecule has 1 fully saturated rings. The summed E-state index contributed by atoms with van der Waals surface area (Å²) in [4.78, 5) is 2.38. The van der Waals surface area contributed by atoms with Gasteiger partial charge in [0.05, 0.1) is 23.4 Å². The van der Waals surface area contributed by atoms with E-state index < -0.39 is 0 Å². The molecule has 0 aliphatic carbocycles. The van der Waals surface area contributed by atoms with Crippen LogP contribution in [-0.2, 0) is 17.8 Å². The molecule has 5 heteroatoms. The lowest BCUT2D eigenvalue weighted by molar-refractivity contribution is -0.182. The van der Waals surface area contributed by atoms with Crippen LogP contribution in [0.25, 0.3) is 0 Å². The quantitative estimate of drug-likeness (QED) is 0.896. The van der Waals surface area contributed by atoms with Crippen molar-refractivity contribution in [2.75, 3.05) is 19.6 Å². The maximum absolute atomic E-state index is 6.09. The van der Waals surface area contributed by atoms with Crippen LogP contribution in [0.3, 0.4) is 0 Å². The van der Waals surface area contributed by atoms with Crippen molar-refractivity contribution in [1.82, 2.24) is 15.4 Å². The van der Waals surface area contributed by atoms with Crippen molar-refractivity contribution in [2.45, 2.75) is 58.9 Å². The Morgan fingerprint density at radius 3 is 2.50 bits per heavy atom. The van der Waals surface area contributed by atoms with Gasteiger partial charge in [-0.1, -0.05) is 12.1 Å². The van der Waals surface area contributed by atoms with Crippen molar-refractivity contribution < 1.29 is 9.26 Å². The Bertz CT molecular complexity index is 424. The molecule has 0 aromatic carbocycles. The number of ether oxygens (including phenoxy) is 1. The van der Waals surface area contributed by atoms with Crippen LogP contribution >= 0.6 is 0 Å². The summed E-state index contributed by atoms with van der Waals surface area (Å²) in [5.74, 6) is 0.923. The minimum Gasteiger partial charge on any atom is -0.367 e. The molecule has 20 heavy (non-hydrogen) atoms. The van der Waals surface area contributed by atoms with Crippen LogP contribution in [0, 0.1) is 0 Å². The van der Waals surface area contributed by atoms with Gasteiger partial charge in [-0.05, 0) is 34.2 Å². The van der Waals surface area contributed by atoms with E-state index in [1.165, 1.54) is 0 Å². The van der Waals surface area contributed by atoms with Crippen LogP contribution in [0.15, 0.2) is 10.6 Å². The lowest BCUT2D eigenvalue weighted by atomic mass is 9.99. The fourth-order valence-electron chi connectivity index (χ4n) is 3.04. The van der Waals surface area contributed by atoms with Gasteiger partial charge in [-0.15, -0.1) is 0 Å². The Morgan fingerprint density at radius 2 is 1.90 bits per heavy atom. The molecule has 114 valence electrons. The van der Waals surface area contributed by atoms with E-state index in [2.05, 4.69) is 50.0 Å². The lowest BCUT2D eigenvalue weighted by Gasteiger charge is -2.46. The van der Waals surface area contributed by atoms with Crippen molar-refractivity contribution in [3.8, 4) is 0 Å². The van der Waals surface area contributed by atoms with Crippen molar-refractivity contribution in [2.24, 2.45) is 0 Å². The van der Waals surface area contributed by atoms with E-state index in [0.717, 1.165) is 44.2 Å². The van der Waals surface area contributed by atoms with Crippen molar-refractivity contribution in [3.63, 3.8) is 0 Å². The second kappa shape index (κ2) is 5.84. The first-order valence-electron chi connectivity index (χ1n) is 7.37. The molecule has 5 nitrogen and oxygen atoms in total. The van der Waals surface area contributed by atoms with Gasteiger partial charge < -0.3 is 14.6 Å². The summed E-state index contributed by atoms with van der Waals surface area (Å²) in [7, 11) is 0. The summed E-state index contributed by atoms with van der Waals surface area (Å²) in [5.41, 5.74) is 0.705. The molecule has 0 radical (unpaired) electrons. The largest absolute Gasteiger partial charge is 0.367 e. The summed E-state index contributed by atoms with van der Waals surface area (Å²) in [5, 5.41) is 7.35. The third kappa shape index (κ3) is 4.30. The molecule has 1 aliphatic heterocycles. The summed E-state index contributed by atoms with van der Waals surface area (Å²) >= 11 is 0. The highest BCUT2D eigenvalue weighted by atomic mass is 16.5. The molecule has 1 aromatic rings. The van der Waals surface area contributed by atoms with Crippen LogP contribution in [0.2, 0.25) is 0 Å². The molecule has 0 spiro atoms. The zero-order valence-corrected chi connectivity index (χ0v) is 13.3. The van der Waals surface area contributed by atoms with Crippen molar-refractivity contribution in [3.05, 3.63) is 17.5 Å². The third-order valence-corrected chi connectivity index (χ3v) is 3.30. The van der Waals surface area contributed by atoms with E-state index in [-0.39, 0.29) is 11.2 Å². The molecule has 0 atom stereocenters. The maximum atomic E-state index is 6.09. The van der Waals surface area contributed by atoms with Gasteiger partial charge >= 0.3 is 0 Å². The van der Waals surface area contributed by atoms with E-state index in [4.69, 9.17) is 9.26 Å². The predicted octanol–water partition coefficient (Wildman–Crippen LogP) is 2.17. The molecule has 2 rings (SSSR count). The Balaban J connectivity index is 1.97. The molecule has 0 saturated carbocycles. The van der Waals surface area contributed by atoms with Crippen molar-refractivity contribution >= 4 is 0 Å². The fourth-order valence-corrected chi connectivity index (χ4v) is 3.04. The first-order valence-corrected chi connectivity index (χ1v) is 7.37. The summed E-state index contributed by atoms with van der Waals surface area (Å²) in [6.45, 7) is 14.9. The predicted molar refractivity (Wildman–Crippen MR) is 78.4 cm³/mol. The molecule has 0 bridgehead atoms. The number of aromatic nitrogens is 1. The molecule has 2 heterocycles. The number of hydrogen-bond donors (Lipinski definition) is 1. The summed E-state index contributed by atoms with van der Waals surface area (Å²) in [6, 6.07) is 2.04. The van der Waals surface area contributed by atoms with Gasteiger partial charge in [-0.3, -0.25) is 4.90 Å². The van der Waals surface area contributed by atoms with Gasteiger partial charge in [0.1, 0.15) is 0 Å². The summed E-state index contributed by atoms with van der Waals surface area (Å²) in [6.07, 6.45) is 0. The molecule has 1 aliphatic rings. The number of hydrogen-bond acceptors (Lipinski definition) is 5. The number of nitrogens with zero attached hydrogens (tertiary/aromatic N) is 2.